The Morgan fingerprint density at radius 1 is 1.04 bits per heavy atom. The van der Waals surface area contributed by atoms with Gasteiger partial charge in [0.05, 0.1) is 17.8 Å². The molecule has 2 aromatic carbocycles. The predicted molar refractivity (Wildman–Crippen MR) is 101 cm³/mol. The smallest absolute Gasteiger partial charge is 0.253 e. The molecule has 5 heteroatoms. The highest BCUT2D eigenvalue weighted by Gasteiger charge is 2.30. The zero-order valence-corrected chi connectivity index (χ0v) is 14.4. The van der Waals surface area contributed by atoms with Crippen LogP contribution in [0.25, 0.3) is 10.8 Å². The van der Waals surface area contributed by atoms with Crippen LogP contribution in [0.5, 0.6) is 0 Å². The molecule has 0 aliphatic heterocycles. The lowest BCUT2D eigenvalue weighted by Crippen LogP contribution is -2.25. The maximum atomic E-state index is 12.7. The molecular formula is C20H18N2O2S. The van der Waals surface area contributed by atoms with Gasteiger partial charge in [0.15, 0.2) is 0 Å². The van der Waals surface area contributed by atoms with E-state index in [1.54, 1.807) is 11.3 Å². The summed E-state index contributed by atoms with van der Waals surface area (Å²) < 4.78 is 0. The van der Waals surface area contributed by atoms with E-state index in [2.05, 4.69) is 10.6 Å². The van der Waals surface area contributed by atoms with Crippen LogP contribution in [0.15, 0.2) is 53.9 Å². The Kier molecular flexibility index (Phi) is 4.24. The zero-order valence-electron chi connectivity index (χ0n) is 13.6. The third kappa shape index (κ3) is 3.56. The normalized spacial score (nSPS) is 13.6. The summed E-state index contributed by atoms with van der Waals surface area (Å²) in [5, 5.41) is 9.85. The minimum Gasteiger partial charge on any atom is -0.347 e. The largest absolute Gasteiger partial charge is 0.347 e. The molecule has 1 aliphatic carbocycles. The number of carbonyl (C=O) groups is 2. The molecule has 1 heterocycles. The summed E-state index contributed by atoms with van der Waals surface area (Å²) in [4.78, 5) is 26.0. The number of benzene rings is 2. The van der Waals surface area contributed by atoms with Crippen molar-refractivity contribution in [2.45, 2.75) is 19.4 Å². The second-order valence-electron chi connectivity index (χ2n) is 6.27. The molecule has 1 aromatic heterocycles. The molecule has 3 aromatic rings. The third-order valence-electron chi connectivity index (χ3n) is 4.34. The number of nitrogens with one attached hydrogen (secondary N) is 2. The van der Waals surface area contributed by atoms with Gasteiger partial charge in [0.2, 0.25) is 5.91 Å². The van der Waals surface area contributed by atoms with E-state index in [9.17, 15) is 9.59 Å². The van der Waals surface area contributed by atoms with Crippen LogP contribution in [0.2, 0.25) is 0 Å². The highest BCUT2D eigenvalue weighted by atomic mass is 32.1. The molecule has 0 spiro atoms. The van der Waals surface area contributed by atoms with E-state index < -0.39 is 0 Å². The number of carbonyl (C=O) groups excluding carboxylic acids is 2. The quantitative estimate of drug-likeness (QED) is 0.725. The predicted octanol–water partition coefficient (Wildman–Crippen LogP) is 4.18. The molecule has 1 fully saturated rings. The van der Waals surface area contributed by atoms with Crippen molar-refractivity contribution >= 4 is 39.6 Å². The summed E-state index contributed by atoms with van der Waals surface area (Å²) in [7, 11) is 0. The number of thiophene rings is 1. The first-order valence-electron chi connectivity index (χ1n) is 8.35. The Morgan fingerprint density at radius 2 is 1.80 bits per heavy atom. The fourth-order valence-corrected chi connectivity index (χ4v) is 3.43. The molecule has 1 saturated carbocycles. The van der Waals surface area contributed by atoms with Crippen LogP contribution in [0.3, 0.4) is 0 Å². The summed E-state index contributed by atoms with van der Waals surface area (Å²) >= 11 is 1.61. The van der Waals surface area contributed by atoms with Crippen LogP contribution in [-0.4, -0.2) is 11.8 Å². The number of anilines is 1. The molecule has 0 bridgehead atoms. The standard InChI is InChI=1S/C20H18N2O2S/c23-19(13-7-8-13)22-18-11-15-5-2-1-4-14(15)10-17(18)20(24)21-12-16-6-3-9-25-16/h1-6,9-11,13H,7-8,12H2,(H,21,24)(H,22,23). The third-order valence-corrected chi connectivity index (χ3v) is 5.22. The molecule has 0 unspecified atom stereocenters. The summed E-state index contributed by atoms with van der Waals surface area (Å²) in [6, 6.07) is 15.5. The van der Waals surface area contributed by atoms with Crippen LogP contribution < -0.4 is 10.6 Å². The number of hydrogen-bond donors (Lipinski definition) is 2. The van der Waals surface area contributed by atoms with Crippen molar-refractivity contribution in [2.75, 3.05) is 5.32 Å². The highest BCUT2D eigenvalue weighted by molar-refractivity contribution is 7.09. The lowest BCUT2D eigenvalue weighted by molar-refractivity contribution is -0.117. The monoisotopic (exact) mass is 350 g/mol. The molecule has 2 N–H and O–H groups in total. The lowest BCUT2D eigenvalue weighted by Gasteiger charge is -2.13. The van der Waals surface area contributed by atoms with E-state index >= 15 is 0 Å². The summed E-state index contributed by atoms with van der Waals surface area (Å²) in [6.45, 7) is 0.485. The van der Waals surface area contributed by atoms with E-state index in [0.717, 1.165) is 28.5 Å². The first-order valence-corrected chi connectivity index (χ1v) is 9.23. The van der Waals surface area contributed by atoms with Gasteiger partial charge in [-0.15, -0.1) is 11.3 Å². The van der Waals surface area contributed by atoms with Gasteiger partial charge in [-0.1, -0.05) is 30.3 Å². The van der Waals surface area contributed by atoms with E-state index in [1.807, 2.05) is 53.9 Å². The molecule has 4 rings (SSSR count). The average molecular weight is 350 g/mol. The summed E-state index contributed by atoms with van der Waals surface area (Å²) in [6.07, 6.45) is 1.86. The highest BCUT2D eigenvalue weighted by Crippen LogP contribution is 2.32. The van der Waals surface area contributed by atoms with E-state index in [1.165, 1.54) is 0 Å². The van der Waals surface area contributed by atoms with Crippen molar-refractivity contribution in [3.8, 4) is 0 Å². The Morgan fingerprint density at radius 3 is 2.48 bits per heavy atom. The van der Waals surface area contributed by atoms with Crippen LogP contribution in [0.1, 0.15) is 28.1 Å². The maximum absolute atomic E-state index is 12.7. The Labute approximate surface area is 149 Å². The van der Waals surface area contributed by atoms with Gasteiger partial charge in [0.1, 0.15) is 0 Å². The number of amides is 2. The molecule has 2 amide bonds. The topological polar surface area (TPSA) is 58.2 Å². The summed E-state index contributed by atoms with van der Waals surface area (Å²) in [5.41, 5.74) is 1.09. The number of rotatable bonds is 5. The van der Waals surface area contributed by atoms with Crippen LogP contribution in [0, 0.1) is 5.92 Å². The number of fused-ring (bicyclic) bond motifs is 1. The fraction of sp³-hybridized carbons (Fsp3) is 0.200. The number of hydrogen-bond acceptors (Lipinski definition) is 3. The molecule has 0 saturated heterocycles. The first kappa shape index (κ1) is 15.8. The van der Waals surface area contributed by atoms with Gasteiger partial charge in [-0.2, -0.15) is 0 Å². The Bertz CT molecular complexity index is 930. The minimum absolute atomic E-state index is 0.00240. The van der Waals surface area contributed by atoms with Crippen molar-refractivity contribution < 1.29 is 9.59 Å². The van der Waals surface area contributed by atoms with Crippen molar-refractivity contribution in [2.24, 2.45) is 5.92 Å². The van der Waals surface area contributed by atoms with Crippen LogP contribution >= 0.6 is 11.3 Å². The molecule has 25 heavy (non-hydrogen) atoms. The van der Waals surface area contributed by atoms with E-state index in [-0.39, 0.29) is 17.7 Å². The van der Waals surface area contributed by atoms with Gasteiger partial charge >= 0.3 is 0 Å². The van der Waals surface area contributed by atoms with E-state index in [4.69, 9.17) is 0 Å². The minimum atomic E-state index is -0.176. The van der Waals surface area contributed by atoms with Gasteiger partial charge in [-0.3, -0.25) is 9.59 Å². The van der Waals surface area contributed by atoms with Crippen molar-refractivity contribution in [3.05, 3.63) is 64.4 Å². The summed E-state index contributed by atoms with van der Waals surface area (Å²) in [5.74, 6) is -0.0821. The molecule has 0 atom stereocenters. The maximum Gasteiger partial charge on any atom is 0.253 e. The van der Waals surface area contributed by atoms with Crippen LogP contribution in [0.4, 0.5) is 5.69 Å². The molecule has 126 valence electrons. The zero-order chi connectivity index (χ0) is 17.2. The van der Waals surface area contributed by atoms with Gasteiger partial charge in [0, 0.05) is 10.8 Å². The molecule has 1 aliphatic rings. The second-order valence-corrected chi connectivity index (χ2v) is 7.30. The van der Waals surface area contributed by atoms with Crippen molar-refractivity contribution in [1.82, 2.24) is 5.32 Å². The second kappa shape index (κ2) is 6.69. The SMILES string of the molecule is O=C(NCc1cccs1)c1cc2ccccc2cc1NC(=O)C1CC1. The Hall–Kier alpha value is -2.66. The van der Waals surface area contributed by atoms with E-state index in [0.29, 0.717) is 17.8 Å². The lowest BCUT2D eigenvalue weighted by atomic mass is 10.0. The van der Waals surface area contributed by atoms with Gasteiger partial charge in [-0.25, -0.2) is 0 Å². The van der Waals surface area contributed by atoms with Gasteiger partial charge in [-0.05, 0) is 47.2 Å². The van der Waals surface area contributed by atoms with Gasteiger partial charge < -0.3 is 10.6 Å². The van der Waals surface area contributed by atoms with Crippen molar-refractivity contribution in [3.63, 3.8) is 0 Å². The molecule has 0 radical (unpaired) electrons. The van der Waals surface area contributed by atoms with Gasteiger partial charge in [0.25, 0.3) is 5.91 Å². The van der Waals surface area contributed by atoms with Crippen molar-refractivity contribution in [1.29, 1.82) is 0 Å². The Balaban J connectivity index is 1.63. The fourth-order valence-electron chi connectivity index (χ4n) is 2.79. The first-order chi connectivity index (χ1) is 12.2. The average Bonchev–Trinajstić information content (AvgIpc) is 3.35. The molecular weight excluding hydrogens is 332 g/mol. The molecule has 4 nitrogen and oxygen atoms in total. The van der Waals surface area contributed by atoms with Crippen LogP contribution in [-0.2, 0) is 11.3 Å².